The Morgan fingerprint density at radius 2 is 2.17 bits per heavy atom. The molecule has 2 aromatic rings. The minimum Gasteiger partial charge on any atom is -0.467 e. The number of methoxy groups -OCH3 is 1. The van der Waals surface area contributed by atoms with E-state index in [2.05, 4.69) is 5.32 Å². The number of benzene rings is 1. The highest BCUT2D eigenvalue weighted by molar-refractivity contribution is 7.08. The molecular weight excluding hydrogens is 270 g/mol. The monoisotopic (exact) mass is 281 g/mol. The van der Waals surface area contributed by atoms with E-state index in [-0.39, 0.29) is 5.97 Å². The molecule has 1 heterocycles. The van der Waals surface area contributed by atoms with Crippen LogP contribution >= 0.6 is 22.9 Å². The molecular formula is C13H12ClNO2S. The van der Waals surface area contributed by atoms with E-state index in [0.29, 0.717) is 10.7 Å². The topological polar surface area (TPSA) is 38.3 Å². The van der Waals surface area contributed by atoms with Crippen LogP contribution < -0.4 is 5.32 Å². The van der Waals surface area contributed by atoms with Crippen molar-refractivity contribution >= 4 is 34.6 Å². The fourth-order valence-electron chi connectivity index (χ4n) is 1.57. The van der Waals surface area contributed by atoms with Crippen LogP contribution in [0.5, 0.6) is 0 Å². The van der Waals surface area contributed by atoms with Gasteiger partial charge in [0.05, 0.1) is 17.8 Å². The molecule has 2 rings (SSSR count). The van der Waals surface area contributed by atoms with Crippen molar-refractivity contribution in [1.29, 1.82) is 0 Å². The van der Waals surface area contributed by atoms with Crippen LogP contribution in [0.2, 0.25) is 5.02 Å². The first-order valence-corrected chi connectivity index (χ1v) is 6.65. The van der Waals surface area contributed by atoms with Crippen molar-refractivity contribution in [2.75, 3.05) is 12.4 Å². The predicted molar refractivity (Wildman–Crippen MR) is 74.2 cm³/mol. The number of carbonyl (C=O) groups excluding carboxylic acids is 1. The highest BCUT2D eigenvalue weighted by atomic mass is 35.5. The second-order valence-corrected chi connectivity index (χ2v) is 4.82. The number of para-hydroxylation sites is 1. The maximum absolute atomic E-state index is 11.8. The van der Waals surface area contributed by atoms with Crippen molar-refractivity contribution in [3.63, 3.8) is 0 Å². The summed E-state index contributed by atoms with van der Waals surface area (Å²) < 4.78 is 4.81. The van der Waals surface area contributed by atoms with Gasteiger partial charge in [0.15, 0.2) is 6.04 Å². The van der Waals surface area contributed by atoms with Crippen LogP contribution in [0.3, 0.4) is 0 Å². The number of halogens is 1. The molecule has 1 unspecified atom stereocenters. The first kappa shape index (κ1) is 12.9. The molecule has 18 heavy (non-hydrogen) atoms. The zero-order chi connectivity index (χ0) is 13.0. The van der Waals surface area contributed by atoms with Crippen LogP contribution in [0.25, 0.3) is 0 Å². The molecule has 0 radical (unpaired) electrons. The summed E-state index contributed by atoms with van der Waals surface area (Å²) in [4.78, 5) is 11.8. The molecule has 0 saturated carbocycles. The second kappa shape index (κ2) is 5.89. The second-order valence-electron chi connectivity index (χ2n) is 3.64. The largest absolute Gasteiger partial charge is 0.467 e. The summed E-state index contributed by atoms with van der Waals surface area (Å²) in [5.74, 6) is -0.340. The number of ether oxygens (including phenoxy) is 1. The number of carbonyl (C=O) groups is 1. The molecule has 5 heteroatoms. The average molecular weight is 282 g/mol. The minimum atomic E-state index is -0.541. The number of rotatable bonds is 4. The number of hydrogen-bond acceptors (Lipinski definition) is 4. The third-order valence-electron chi connectivity index (χ3n) is 2.49. The molecule has 0 aliphatic carbocycles. The maximum Gasteiger partial charge on any atom is 0.333 e. The lowest BCUT2D eigenvalue weighted by Crippen LogP contribution is -2.21. The van der Waals surface area contributed by atoms with Gasteiger partial charge in [-0.1, -0.05) is 23.7 Å². The number of thiophene rings is 1. The first-order chi connectivity index (χ1) is 8.72. The van der Waals surface area contributed by atoms with Gasteiger partial charge in [-0.05, 0) is 34.5 Å². The molecule has 1 N–H and O–H groups in total. The van der Waals surface area contributed by atoms with E-state index >= 15 is 0 Å². The zero-order valence-corrected chi connectivity index (χ0v) is 11.3. The van der Waals surface area contributed by atoms with Crippen LogP contribution in [-0.2, 0) is 9.53 Å². The van der Waals surface area contributed by atoms with Gasteiger partial charge in [0.25, 0.3) is 0 Å². The van der Waals surface area contributed by atoms with Gasteiger partial charge in [-0.3, -0.25) is 0 Å². The number of esters is 1. The van der Waals surface area contributed by atoms with Crippen molar-refractivity contribution in [3.8, 4) is 0 Å². The molecule has 0 fully saturated rings. The molecule has 0 saturated heterocycles. The van der Waals surface area contributed by atoms with Gasteiger partial charge < -0.3 is 10.1 Å². The van der Waals surface area contributed by atoms with E-state index in [0.717, 1.165) is 5.56 Å². The van der Waals surface area contributed by atoms with Crippen molar-refractivity contribution in [3.05, 3.63) is 51.7 Å². The lowest BCUT2D eigenvalue weighted by atomic mass is 10.1. The smallest absolute Gasteiger partial charge is 0.333 e. The van der Waals surface area contributed by atoms with E-state index in [1.165, 1.54) is 18.4 Å². The molecule has 0 spiro atoms. The SMILES string of the molecule is COC(=O)C(Nc1ccccc1Cl)c1ccsc1. The third-order valence-corrected chi connectivity index (χ3v) is 3.52. The highest BCUT2D eigenvalue weighted by Gasteiger charge is 2.22. The van der Waals surface area contributed by atoms with Crippen molar-refractivity contribution in [1.82, 2.24) is 0 Å². The molecule has 1 atom stereocenters. The van der Waals surface area contributed by atoms with Crippen LogP contribution in [0, 0.1) is 0 Å². The van der Waals surface area contributed by atoms with Gasteiger partial charge in [0, 0.05) is 0 Å². The number of anilines is 1. The van der Waals surface area contributed by atoms with Gasteiger partial charge in [-0.15, -0.1) is 0 Å². The number of nitrogens with one attached hydrogen (secondary N) is 1. The summed E-state index contributed by atoms with van der Waals surface area (Å²) >= 11 is 7.60. The van der Waals surface area contributed by atoms with Gasteiger partial charge in [0.2, 0.25) is 0 Å². The van der Waals surface area contributed by atoms with Gasteiger partial charge >= 0.3 is 5.97 Å². The molecule has 0 aliphatic rings. The van der Waals surface area contributed by atoms with E-state index in [4.69, 9.17) is 16.3 Å². The van der Waals surface area contributed by atoms with Crippen LogP contribution in [0.1, 0.15) is 11.6 Å². The third kappa shape index (κ3) is 2.83. The molecule has 0 amide bonds. The summed E-state index contributed by atoms with van der Waals surface area (Å²) in [5, 5.41) is 7.50. The van der Waals surface area contributed by atoms with E-state index < -0.39 is 6.04 Å². The fraction of sp³-hybridized carbons (Fsp3) is 0.154. The Bertz CT molecular complexity index is 528. The predicted octanol–water partition coefficient (Wildman–Crippen LogP) is 3.73. The molecule has 0 aliphatic heterocycles. The molecule has 94 valence electrons. The zero-order valence-electron chi connectivity index (χ0n) is 9.72. The Labute approximate surface area is 114 Å². The normalized spacial score (nSPS) is 11.9. The van der Waals surface area contributed by atoms with Crippen LogP contribution in [0.15, 0.2) is 41.1 Å². The Balaban J connectivity index is 2.26. The maximum atomic E-state index is 11.8. The van der Waals surface area contributed by atoms with Crippen LogP contribution in [0.4, 0.5) is 5.69 Å². The summed E-state index contributed by atoms with van der Waals surface area (Å²) in [6.07, 6.45) is 0. The lowest BCUT2D eigenvalue weighted by molar-refractivity contribution is -0.141. The Kier molecular flexibility index (Phi) is 4.23. The van der Waals surface area contributed by atoms with E-state index in [9.17, 15) is 4.79 Å². The van der Waals surface area contributed by atoms with Crippen molar-refractivity contribution in [2.24, 2.45) is 0 Å². The Morgan fingerprint density at radius 1 is 1.39 bits per heavy atom. The summed E-state index contributed by atoms with van der Waals surface area (Å²) in [6.45, 7) is 0. The average Bonchev–Trinajstić information content (AvgIpc) is 2.90. The van der Waals surface area contributed by atoms with E-state index in [1.54, 1.807) is 6.07 Å². The molecule has 1 aromatic heterocycles. The van der Waals surface area contributed by atoms with Crippen LogP contribution in [-0.4, -0.2) is 13.1 Å². The van der Waals surface area contributed by atoms with Gasteiger partial charge in [-0.2, -0.15) is 11.3 Å². The van der Waals surface area contributed by atoms with Gasteiger partial charge in [-0.25, -0.2) is 4.79 Å². The molecule has 3 nitrogen and oxygen atoms in total. The summed E-state index contributed by atoms with van der Waals surface area (Å²) in [7, 11) is 1.37. The summed E-state index contributed by atoms with van der Waals surface area (Å²) in [6, 6.07) is 8.63. The standard InChI is InChI=1S/C13H12ClNO2S/c1-17-13(16)12(9-6-7-18-8-9)15-11-5-3-2-4-10(11)14/h2-8,12,15H,1H3. The minimum absolute atomic E-state index is 0.340. The molecule has 1 aromatic carbocycles. The van der Waals surface area contributed by atoms with Crippen molar-refractivity contribution < 1.29 is 9.53 Å². The highest BCUT2D eigenvalue weighted by Crippen LogP contribution is 2.27. The first-order valence-electron chi connectivity index (χ1n) is 5.33. The fourth-order valence-corrected chi connectivity index (χ4v) is 2.45. The molecule has 0 bridgehead atoms. The lowest BCUT2D eigenvalue weighted by Gasteiger charge is -2.17. The van der Waals surface area contributed by atoms with E-state index in [1.807, 2.05) is 35.0 Å². The quantitative estimate of drug-likeness (QED) is 0.868. The van der Waals surface area contributed by atoms with Crippen molar-refractivity contribution in [2.45, 2.75) is 6.04 Å². The Hall–Kier alpha value is -1.52. The Morgan fingerprint density at radius 3 is 2.78 bits per heavy atom. The summed E-state index contributed by atoms with van der Waals surface area (Å²) in [5.41, 5.74) is 1.58. The van der Waals surface area contributed by atoms with Gasteiger partial charge in [0.1, 0.15) is 0 Å². The number of hydrogen-bond donors (Lipinski definition) is 1.